The van der Waals surface area contributed by atoms with Crippen molar-refractivity contribution in [3.63, 3.8) is 0 Å². The number of carbonyl (C=O) groups excluding carboxylic acids is 1. The lowest BCUT2D eigenvalue weighted by atomic mass is 9.97. The molecule has 2 saturated heterocycles. The number of hydrogen-bond acceptors (Lipinski definition) is 4. The molecule has 0 aromatic carbocycles. The fourth-order valence-corrected chi connectivity index (χ4v) is 3.29. The Labute approximate surface area is 131 Å². The van der Waals surface area contributed by atoms with Crippen LogP contribution in [0.1, 0.15) is 50.2 Å². The van der Waals surface area contributed by atoms with Gasteiger partial charge in [0.25, 0.3) is 0 Å². The first kappa shape index (κ1) is 15.5. The molecule has 0 unspecified atom stereocenters. The lowest BCUT2D eigenvalue weighted by molar-refractivity contribution is -0.127. The number of hydrogen-bond donors (Lipinski definition) is 1. The molecule has 3 heterocycles. The maximum Gasteiger partial charge on any atom is 0.222 e. The molecule has 0 saturated carbocycles. The van der Waals surface area contributed by atoms with Gasteiger partial charge in [-0.15, -0.1) is 0 Å². The quantitative estimate of drug-likeness (QED) is 0.920. The monoisotopic (exact) mass is 307 g/mol. The standard InChI is InChI=1S/C16H25N3O3/c1-19-11-12(10-17-19)16-14(6-4-8-22-16)18-15(20)9-13-5-2-3-7-21-13/h10-11,13-14,16H,2-9H2,1H3,(H,18,20)/t13-,14+,16-/m1/s1. The molecular weight excluding hydrogens is 282 g/mol. The average Bonchev–Trinajstić information content (AvgIpc) is 2.95. The third-order valence-corrected chi connectivity index (χ3v) is 4.41. The van der Waals surface area contributed by atoms with E-state index in [2.05, 4.69) is 10.4 Å². The Morgan fingerprint density at radius 1 is 1.32 bits per heavy atom. The highest BCUT2D eigenvalue weighted by molar-refractivity contribution is 5.76. The van der Waals surface area contributed by atoms with E-state index in [0.29, 0.717) is 6.42 Å². The summed E-state index contributed by atoms with van der Waals surface area (Å²) in [7, 11) is 1.89. The number of aryl methyl sites for hydroxylation is 1. The Morgan fingerprint density at radius 3 is 2.91 bits per heavy atom. The fourth-order valence-electron chi connectivity index (χ4n) is 3.29. The van der Waals surface area contributed by atoms with Crippen molar-refractivity contribution in [3.05, 3.63) is 18.0 Å². The van der Waals surface area contributed by atoms with E-state index >= 15 is 0 Å². The topological polar surface area (TPSA) is 65.4 Å². The molecule has 3 atom stereocenters. The number of ether oxygens (including phenoxy) is 2. The number of rotatable bonds is 4. The van der Waals surface area contributed by atoms with Gasteiger partial charge in [-0.2, -0.15) is 5.10 Å². The van der Waals surface area contributed by atoms with Crippen molar-refractivity contribution >= 4 is 5.91 Å². The predicted molar refractivity (Wildman–Crippen MR) is 81.3 cm³/mol. The van der Waals surface area contributed by atoms with E-state index in [1.165, 1.54) is 0 Å². The minimum Gasteiger partial charge on any atom is -0.378 e. The van der Waals surface area contributed by atoms with Gasteiger partial charge in [-0.3, -0.25) is 9.48 Å². The Hall–Kier alpha value is -1.40. The van der Waals surface area contributed by atoms with E-state index in [9.17, 15) is 4.79 Å². The van der Waals surface area contributed by atoms with Gasteiger partial charge in [0, 0.05) is 32.0 Å². The highest BCUT2D eigenvalue weighted by atomic mass is 16.5. The zero-order chi connectivity index (χ0) is 15.4. The van der Waals surface area contributed by atoms with Crippen LogP contribution in [-0.4, -0.2) is 41.0 Å². The van der Waals surface area contributed by atoms with Gasteiger partial charge in [0.15, 0.2) is 0 Å². The van der Waals surface area contributed by atoms with Crippen LogP contribution in [0.2, 0.25) is 0 Å². The van der Waals surface area contributed by atoms with Crippen molar-refractivity contribution in [2.45, 2.75) is 56.8 Å². The summed E-state index contributed by atoms with van der Waals surface area (Å²) in [5.41, 5.74) is 1.03. The zero-order valence-corrected chi connectivity index (χ0v) is 13.2. The van der Waals surface area contributed by atoms with Gasteiger partial charge in [-0.05, 0) is 32.1 Å². The maximum atomic E-state index is 12.3. The average molecular weight is 307 g/mol. The minimum absolute atomic E-state index is 0.0223. The summed E-state index contributed by atoms with van der Waals surface area (Å²) < 4.78 is 13.3. The molecule has 2 aliphatic rings. The van der Waals surface area contributed by atoms with Gasteiger partial charge in [0.2, 0.25) is 5.91 Å². The molecule has 0 spiro atoms. The van der Waals surface area contributed by atoms with E-state index < -0.39 is 0 Å². The summed E-state index contributed by atoms with van der Waals surface area (Å²) in [6.45, 7) is 1.51. The van der Waals surface area contributed by atoms with Crippen molar-refractivity contribution in [1.82, 2.24) is 15.1 Å². The summed E-state index contributed by atoms with van der Waals surface area (Å²) in [6, 6.07) is 0.0223. The molecule has 1 N–H and O–H groups in total. The normalized spacial score (nSPS) is 29.2. The van der Waals surface area contributed by atoms with Crippen LogP contribution in [0.3, 0.4) is 0 Å². The predicted octanol–water partition coefficient (Wildman–Crippen LogP) is 1.72. The van der Waals surface area contributed by atoms with E-state index in [1.807, 2.05) is 19.4 Å². The fraction of sp³-hybridized carbons (Fsp3) is 0.750. The summed E-state index contributed by atoms with van der Waals surface area (Å²) >= 11 is 0. The SMILES string of the molecule is Cn1cc([C@H]2OCCC[C@@H]2NC(=O)C[C@H]2CCCCO2)cn1. The van der Waals surface area contributed by atoms with Crippen LogP contribution in [0.4, 0.5) is 0 Å². The van der Waals surface area contributed by atoms with Gasteiger partial charge in [0.05, 0.1) is 24.8 Å². The molecular formula is C16H25N3O3. The molecule has 1 aromatic rings. The largest absolute Gasteiger partial charge is 0.378 e. The van der Waals surface area contributed by atoms with Crippen molar-refractivity contribution in [2.24, 2.45) is 7.05 Å². The smallest absolute Gasteiger partial charge is 0.222 e. The van der Waals surface area contributed by atoms with Crippen LogP contribution in [-0.2, 0) is 21.3 Å². The molecule has 22 heavy (non-hydrogen) atoms. The second-order valence-corrected chi connectivity index (χ2v) is 6.25. The van der Waals surface area contributed by atoms with Crippen molar-refractivity contribution in [1.29, 1.82) is 0 Å². The number of carbonyl (C=O) groups is 1. The molecule has 6 heteroatoms. The highest BCUT2D eigenvalue weighted by Gasteiger charge is 2.30. The molecule has 122 valence electrons. The summed E-state index contributed by atoms with van der Waals surface area (Å²) in [4.78, 5) is 12.3. The van der Waals surface area contributed by atoms with Crippen LogP contribution in [0, 0.1) is 0 Å². The molecule has 0 bridgehead atoms. The molecule has 0 aliphatic carbocycles. The summed E-state index contributed by atoms with van der Waals surface area (Å²) in [5, 5.41) is 7.35. The summed E-state index contributed by atoms with van der Waals surface area (Å²) in [5.74, 6) is 0.0660. The third-order valence-electron chi connectivity index (χ3n) is 4.41. The van der Waals surface area contributed by atoms with E-state index in [4.69, 9.17) is 9.47 Å². The lowest BCUT2D eigenvalue weighted by Gasteiger charge is -2.32. The third kappa shape index (κ3) is 3.87. The number of nitrogens with one attached hydrogen (secondary N) is 1. The summed E-state index contributed by atoms with van der Waals surface area (Å²) in [6.07, 6.45) is 9.38. The second-order valence-electron chi connectivity index (χ2n) is 6.25. The Balaban J connectivity index is 1.57. The maximum absolute atomic E-state index is 12.3. The highest BCUT2D eigenvalue weighted by Crippen LogP contribution is 2.28. The first-order valence-electron chi connectivity index (χ1n) is 8.23. The molecule has 3 rings (SSSR count). The van der Waals surface area contributed by atoms with Gasteiger partial charge >= 0.3 is 0 Å². The minimum atomic E-state index is -0.0984. The first-order chi connectivity index (χ1) is 10.7. The molecule has 2 fully saturated rings. The van der Waals surface area contributed by atoms with E-state index in [0.717, 1.165) is 50.9 Å². The van der Waals surface area contributed by atoms with Crippen LogP contribution in [0.25, 0.3) is 0 Å². The van der Waals surface area contributed by atoms with Gasteiger partial charge in [0.1, 0.15) is 6.10 Å². The van der Waals surface area contributed by atoms with Crippen LogP contribution >= 0.6 is 0 Å². The van der Waals surface area contributed by atoms with Crippen LogP contribution in [0.15, 0.2) is 12.4 Å². The number of amides is 1. The molecule has 2 aliphatic heterocycles. The van der Waals surface area contributed by atoms with Gasteiger partial charge in [-0.1, -0.05) is 0 Å². The Morgan fingerprint density at radius 2 is 2.18 bits per heavy atom. The van der Waals surface area contributed by atoms with Crippen molar-refractivity contribution < 1.29 is 14.3 Å². The van der Waals surface area contributed by atoms with Gasteiger partial charge in [-0.25, -0.2) is 0 Å². The first-order valence-corrected chi connectivity index (χ1v) is 8.23. The second kappa shape index (κ2) is 7.24. The van der Waals surface area contributed by atoms with Crippen molar-refractivity contribution in [2.75, 3.05) is 13.2 Å². The Bertz CT molecular complexity index is 497. The zero-order valence-electron chi connectivity index (χ0n) is 13.2. The molecule has 6 nitrogen and oxygen atoms in total. The molecule has 1 aromatic heterocycles. The van der Waals surface area contributed by atoms with E-state index in [1.54, 1.807) is 4.68 Å². The van der Waals surface area contributed by atoms with Crippen molar-refractivity contribution in [3.8, 4) is 0 Å². The number of aromatic nitrogens is 2. The number of nitrogens with zero attached hydrogens (tertiary/aromatic N) is 2. The molecule has 1 amide bonds. The lowest BCUT2D eigenvalue weighted by Crippen LogP contribution is -2.44. The van der Waals surface area contributed by atoms with Crippen LogP contribution < -0.4 is 5.32 Å². The van der Waals surface area contributed by atoms with Crippen LogP contribution in [0.5, 0.6) is 0 Å². The molecule has 0 radical (unpaired) electrons. The van der Waals surface area contributed by atoms with E-state index in [-0.39, 0.29) is 24.2 Å². The van der Waals surface area contributed by atoms with Gasteiger partial charge < -0.3 is 14.8 Å². The Kier molecular flexibility index (Phi) is 5.10.